The standard InChI is InChI=1S/C18H25N5O2/c1-14-3-5-23(21-14)6-4-18(24)22-7-8-25-12-16(11-22)10-17-9-15(2)19-13-20-17/h3,5,9,13,16H,4,6-8,10-12H2,1-2H3. The van der Waals surface area contributed by atoms with E-state index in [1.165, 1.54) is 0 Å². The van der Waals surface area contributed by atoms with Crippen LogP contribution in [0, 0.1) is 19.8 Å². The fourth-order valence-corrected chi connectivity index (χ4v) is 3.10. The Bertz CT molecular complexity index is 715. The minimum Gasteiger partial charge on any atom is -0.379 e. The molecule has 0 aliphatic carbocycles. The van der Waals surface area contributed by atoms with Crippen LogP contribution in [0.15, 0.2) is 24.7 Å². The molecule has 0 bridgehead atoms. The van der Waals surface area contributed by atoms with Crippen LogP contribution in [0.3, 0.4) is 0 Å². The van der Waals surface area contributed by atoms with Gasteiger partial charge in [-0.15, -0.1) is 0 Å². The molecule has 2 aromatic rings. The summed E-state index contributed by atoms with van der Waals surface area (Å²) >= 11 is 0. The average molecular weight is 343 g/mol. The SMILES string of the molecule is Cc1cc(CC2COCCN(C(=O)CCn3ccc(C)n3)C2)ncn1. The predicted molar refractivity (Wildman–Crippen MR) is 92.9 cm³/mol. The summed E-state index contributed by atoms with van der Waals surface area (Å²) in [5.41, 5.74) is 2.93. The third kappa shape index (κ3) is 5.09. The van der Waals surface area contributed by atoms with Crippen LogP contribution in [0.2, 0.25) is 0 Å². The summed E-state index contributed by atoms with van der Waals surface area (Å²) in [5, 5.41) is 4.33. The lowest BCUT2D eigenvalue weighted by Gasteiger charge is -2.23. The fraction of sp³-hybridized carbons (Fsp3) is 0.556. The molecule has 1 saturated heterocycles. The van der Waals surface area contributed by atoms with Crippen LogP contribution in [0.4, 0.5) is 0 Å². The first-order valence-electron chi connectivity index (χ1n) is 8.73. The van der Waals surface area contributed by atoms with Gasteiger partial charge in [-0.25, -0.2) is 9.97 Å². The summed E-state index contributed by atoms with van der Waals surface area (Å²) in [6, 6.07) is 3.95. The average Bonchev–Trinajstić information content (AvgIpc) is 2.86. The molecule has 1 atom stereocenters. The Morgan fingerprint density at radius 1 is 1.32 bits per heavy atom. The number of carbonyl (C=O) groups excluding carboxylic acids is 1. The van der Waals surface area contributed by atoms with Crippen molar-refractivity contribution in [3.63, 3.8) is 0 Å². The van der Waals surface area contributed by atoms with Crippen molar-refractivity contribution in [1.29, 1.82) is 0 Å². The molecule has 3 rings (SSSR count). The molecule has 1 aliphatic rings. The molecule has 1 aliphatic heterocycles. The molecule has 0 aromatic carbocycles. The summed E-state index contributed by atoms with van der Waals surface area (Å²) in [4.78, 5) is 23.0. The van der Waals surface area contributed by atoms with Crippen LogP contribution in [0.5, 0.6) is 0 Å². The highest BCUT2D eigenvalue weighted by atomic mass is 16.5. The largest absolute Gasteiger partial charge is 0.379 e. The molecule has 0 radical (unpaired) electrons. The van der Waals surface area contributed by atoms with E-state index in [0.29, 0.717) is 39.3 Å². The maximum absolute atomic E-state index is 12.6. The Morgan fingerprint density at radius 3 is 2.96 bits per heavy atom. The lowest BCUT2D eigenvalue weighted by Crippen LogP contribution is -2.37. The molecule has 1 fully saturated rings. The molecule has 2 aromatic heterocycles. The molecule has 0 N–H and O–H groups in total. The van der Waals surface area contributed by atoms with Gasteiger partial charge in [0.05, 0.1) is 18.9 Å². The van der Waals surface area contributed by atoms with E-state index in [1.807, 2.05) is 41.8 Å². The zero-order valence-electron chi connectivity index (χ0n) is 14.9. The molecule has 1 amide bonds. The minimum atomic E-state index is 0.155. The fourth-order valence-electron chi connectivity index (χ4n) is 3.10. The Labute approximate surface area is 148 Å². The van der Waals surface area contributed by atoms with Gasteiger partial charge in [-0.1, -0.05) is 0 Å². The molecular weight excluding hydrogens is 318 g/mol. The molecular formula is C18H25N5O2. The van der Waals surface area contributed by atoms with Gasteiger partial charge in [0.2, 0.25) is 5.91 Å². The number of amides is 1. The van der Waals surface area contributed by atoms with E-state index in [-0.39, 0.29) is 11.8 Å². The van der Waals surface area contributed by atoms with E-state index in [0.717, 1.165) is 23.5 Å². The maximum atomic E-state index is 12.6. The third-order valence-electron chi connectivity index (χ3n) is 4.38. The summed E-state index contributed by atoms with van der Waals surface area (Å²) in [6.07, 6.45) is 4.76. The van der Waals surface area contributed by atoms with Gasteiger partial charge >= 0.3 is 0 Å². The number of ether oxygens (including phenoxy) is 1. The quantitative estimate of drug-likeness (QED) is 0.820. The zero-order chi connectivity index (χ0) is 17.6. The Balaban J connectivity index is 1.56. The van der Waals surface area contributed by atoms with Gasteiger partial charge in [0.1, 0.15) is 6.33 Å². The van der Waals surface area contributed by atoms with Crippen molar-refractivity contribution in [2.75, 3.05) is 26.3 Å². The van der Waals surface area contributed by atoms with Crippen molar-refractivity contribution in [3.8, 4) is 0 Å². The monoisotopic (exact) mass is 343 g/mol. The first-order valence-corrected chi connectivity index (χ1v) is 8.73. The predicted octanol–water partition coefficient (Wildman–Crippen LogP) is 1.40. The van der Waals surface area contributed by atoms with E-state index in [9.17, 15) is 4.79 Å². The van der Waals surface area contributed by atoms with Gasteiger partial charge in [0.15, 0.2) is 0 Å². The summed E-state index contributed by atoms with van der Waals surface area (Å²) in [5.74, 6) is 0.412. The zero-order valence-corrected chi connectivity index (χ0v) is 14.9. The van der Waals surface area contributed by atoms with Gasteiger partial charge in [-0.3, -0.25) is 9.48 Å². The van der Waals surface area contributed by atoms with Gasteiger partial charge < -0.3 is 9.64 Å². The van der Waals surface area contributed by atoms with Gasteiger partial charge in [0, 0.05) is 49.6 Å². The second-order valence-electron chi connectivity index (χ2n) is 6.61. The number of nitrogens with zero attached hydrogens (tertiary/aromatic N) is 5. The van der Waals surface area contributed by atoms with E-state index >= 15 is 0 Å². The molecule has 3 heterocycles. The van der Waals surface area contributed by atoms with E-state index in [4.69, 9.17) is 4.74 Å². The van der Waals surface area contributed by atoms with Crippen molar-refractivity contribution in [3.05, 3.63) is 41.7 Å². The Kier molecular flexibility index (Phi) is 5.75. The number of carbonyl (C=O) groups is 1. The van der Waals surface area contributed by atoms with Crippen molar-refractivity contribution in [1.82, 2.24) is 24.6 Å². The van der Waals surface area contributed by atoms with Gasteiger partial charge in [-0.05, 0) is 32.4 Å². The first-order chi connectivity index (χ1) is 12.1. The summed E-state index contributed by atoms with van der Waals surface area (Å²) < 4.78 is 7.52. The highest BCUT2D eigenvalue weighted by Gasteiger charge is 2.23. The van der Waals surface area contributed by atoms with Gasteiger partial charge in [-0.2, -0.15) is 5.10 Å². The number of aryl methyl sites for hydroxylation is 3. The minimum absolute atomic E-state index is 0.155. The van der Waals surface area contributed by atoms with E-state index in [2.05, 4.69) is 15.1 Å². The van der Waals surface area contributed by atoms with Crippen LogP contribution in [0.25, 0.3) is 0 Å². The highest BCUT2D eigenvalue weighted by molar-refractivity contribution is 5.76. The lowest BCUT2D eigenvalue weighted by atomic mass is 10.0. The first kappa shape index (κ1) is 17.5. The normalized spacial score (nSPS) is 18.2. The highest BCUT2D eigenvalue weighted by Crippen LogP contribution is 2.14. The Hall–Kier alpha value is -2.28. The maximum Gasteiger partial charge on any atom is 0.224 e. The van der Waals surface area contributed by atoms with Crippen molar-refractivity contribution >= 4 is 5.91 Å². The molecule has 1 unspecified atom stereocenters. The number of hydrogen-bond donors (Lipinski definition) is 0. The lowest BCUT2D eigenvalue weighted by molar-refractivity contribution is -0.131. The summed E-state index contributed by atoms with van der Waals surface area (Å²) in [7, 11) is 0. The molecule has 25 heavy (non-hydrogen) atoms. The molecule has 134 valence electrons. The number of rotatable bonds is 5. The summed E-state index contributed by atoms with van der Waals surface area (Å²) in [6.45, 7) is 7.12. The van der Waals surface area contributed by atoms with E-state index < -0.39 is 0 Å². The topological polar surface area (TPSA) is 73.1 Å². The van der Waals surface area contributed by atoms with Crippen molar-refractivity contribution in [2.24, 2.45) is 5.92 Å². The van der Waals surface area contributed by atoms with Crippen LogP contribution < -0.4 is 0 Å². The number of hydrogen-bond acceptors (Lipinski definition) is 5. The van der Waals surface area contributed by atoms with Gasteiger partial charge in [0.25, 0.3) is 0 Å². The molecule has 0 spiro atoms. The molecule has 7 heteroatoms. The smallest absolute Gasteiger partial charge is 0.224 e. The number of aromatic nitrogens is 4. The Morgan fingerprint density at radius 2 is 2.20 bits per heavy atom. The third-order valence-corrected chi connectivity index (χ3v) is 4.38. The van der Waals surface area contributed by atoms with Crippen LogP contribution in [-0.4, -0.2) is 56.9 Å². The van der Waals surface area contributed by atoms with Crippen LogP contribution >= 0.6 is 0 Å². The van der Waals surface area contributed by atoms with E-state index in [1.54, 1.807) is 6.33 Å². The molecule has 7 nitrogen and oxygen atoms in total. The molecule has 0 saturated carbocycles. The van der Waals surface area contributed by atoms with Crippen molar-refractivity contribution < 1.29 is 9.53 Å². The van der Waals surface area contributed by atoms with Crippen LogP contribution in [0.1, 0.15) is 23.5 Å². The second-order valence-corrected chi connectivity index (χ2v) is 6.61. The van der Waals surface area contributed by atoms with Crippen molar-refractivity contribution in [2.45, 2.75) is 33.2 Å². The van der Waals surface area contributed by atoms with Crippen LogP contribution in [-0.2, 0) is 22.5 Å². The second kappa shape index (κ2) is 8.20.